The van der Waals surface area contributed by atoms with Crippen molar-refractivity contribution in [1.82, 2.24) is 4.90 Å². The minimum Gasteiger partial charge on any atom is -0.490 e. The summed E-state index contributed by atoms with van der Waals surface area (Å²) in [6, 6.07) is 7.57. The van der Waals surface area contributed by atoms with Crippen molar-refractivity contribution >= 4 is 17.5 Å². The van der Waals surface area contributed by atoms with Gasteiger partial charge in [-0.2, -0.15) is 0 Å². The number of carbonyl (C=O) groups is 2. The summed E-state index contributed by atoms with van der Waals surface area (Å²) in [6.45, 7) is 6.09. The second kappa shape index (κ2) is 7.21. The maximum atomic E-state index is 12.6. The maximum absolute atomic E-state index is 12.6. The van der Waals surface area contributed by atoms with Gasteiger partial charge in [-0.1, -0.05) is 12.1 Å². The minimum absolute atomic E-state index is 0.0209. The average Bonchev–Trinajstić information content (AvgIpc) is 2.61. The van der Waals surface area contributed by atoms with Gasteiger partial charge in [-0.15, -0.1) is 0 Å². The summed E-state index contributed by atoms with van der Waals surface area (Å²) in [4.78, 5) is 28.6. The Morgan fingerprint density at radius 3 is 2.75 bits per heavy atom. The standard InChI is InChI=1S/C18H24N2O4/c1-13-12-24-14(2)11-20(13)18(22)8-7-17(21)19-9-10-23-16-6-4-3-5-15(16)19/h3-6,13-14H,7-12H2,1-2H3. The molecule has 1 saturated heterocycles. The van der Waals surface area contributed by atoms with Gasteiger partial charge in [-0.25, -0.2) is 0 Å². The third-order valence-corrected chi connectivity index (χ3v) is 4.51. The molecule has 3 rings (SSSR count). The normalized spacial score (nSPS) is 23.4. The highest BCUT2D eigenvalue weighted by atomic mass is 16.5. The Kier molecular flexibility index (Phi) is 5.04. The lowest BCUT2D eigenvalue weighted by Gasteiger charge is -2.37. The fourth-order valence-electron chi connectivity index (χ4n) is 3.17. The zero-order valence-electron chi connectivity index (χ0n) is 14.2. The van der Waals surface area contributed by atoms with E-state index in [1.54, 1.807) is 4.90 Å². The van der Waals surface area contributed by atoms with Crippen LogP contribution in [0.4, 0.5) is 5.69 Å². The molecule has 6 nitrogen and oxygen atoms in total. The quantitative estimate of drug-likeness (QED) is 0.847. The summed E-state index contributed by atoms with van der Waals surface area (Å²) in [5, 5.41) is 0. The van der Waals surface area contributed by atoms with E-state index in [-0.39, 0.29) is 36.8 Å². The van der Waals surface area contributed by atoms with Gasteiger partial charge < -0.3 is 19.3 Å². The monoisotopic (exact) mass is 332 g/mol. The molecule has 2 heterocycles. The van der Waals surface area contributed by atoms with Gasteiger partial charge in [0.25, 0.3) is 0 Å². The van der Waals surface area contributed by atoms with Crippen molar-refractivity contribution in [2.24, 2.45) is 0 Å². The zero-order valence-corrected chi connectivity index (χ0v) is 14.2. The first kappa shape index (κ1) is 16.8. The number of para-hydroxylation sites is 2. The minimum atomic E-state index is -0.0342. The molecule has 2 atom stereocenters. The number of anilines is 1. The highest BCUT2D eigenvalue weighted by Gasteiger charge is 2.29. The molecule has 0 aromatic heterocycles. The third-order valence-electron chi connectivity index (χ3n) is 4.51. The van der Waals surface area contributed by atoms with Crippen LogP contribution in [0.1, 0.15) is 26.7 Å². The van der Waals surface area contributed by atoms with E-state index in [0.29, 0.717) is 26.3 Å². The van der Waals surface area contributed by atoms with E-state index in [2.05, 4.69) is 0 Å². The summed E-state index contributed by atoms with van der Waals surface area (Å²) in [6.07, 6.45) is 0.494. The molecule has 0 aliphatic carbocycles. The summed E-state index contributed by atoms with van der Waals surface area (Å²) >= 11 is 0. The van der Waals surface area contributed by atoms with E-state index < -0.39 is 0 Å². The molecule has 2 aliphatic rings. The van der Waals surface area contributed by atoms with Crippen LogP contribution in [0.5, 0.6) is 5.75 Å². The van der Waals surface area contributed by atoms with Crippen LogP contribution in [0, 0.1) is 0 Å². The van der Waals surface area contributed by atoms with Crippen LogP contribution >= 0.6 is 0 Å². The fourth-order valence-corrected chi connectivity index (χ4v) is 3.17. The smallest absolute Gasteiger partial charge is 0.227 e. The number of nitrogens with zero attached hydrogens (tertiary/aromatic N) is 2. The molecule has 0 radical (unpaired) electrons. The predicted octanol–water partition coefficient (Wildman–Crippen LogP) is 1.83. The lowest BCUT2D eigenvalue weighted by Crippen LogP contribution is -2.50. The van der Waals surface area contributed by atoms with Crippen molar-refractivity contribution in [2.45, 2.75) is 38.8 Å². The lowest BCUT2D eigenvalue weighted by molar-refractivity contribution is -0.144. The molecule has 0 saturated carbocycles. The molecule has 24 heavy (non-hydrogen) atoms. The van der Waals surface area contributed by atoms with Crippen LogP contribution in [-0.2, 0) is 14.3 Å². The Morgan fingerprint density at radius 1 is 1.17 bits per heavy atom. The van der Waals surface area contributed by atoms with Crippen molar-refractivity contribution in [3.05, 3.63) is 24.3 Å². The molecule has 130 valence electrons. The molecule has 1 aromatic carbocycles. The second-order valence-corrected chi connectivity index (χ2v) is 6.40. The van der Waals surface area contributed by atoms with Crippen LogP contribution in [0.15, 0.2) is 24.3 Å². The van der Waals surface area contributed by atoms with Crippen molar-refractivity contribution < 1.29 is 19.1 Å². The van der Waals surface area contributed by atoms with E-state index >= 15 is 0 Å². The topological polar surface area (TPSA) is 59.1 Å². The number of carbonyl (C=O) groups excluding carboxylic acids is 2. The van der Waals surface area contributed by atoms with Crippen LogP contribution in [0.25, 0.3) is 0 Å². The molecular weight excluding hydrogens is 308 g/mol. The number of benzene rings is 1. The molecule has 1 fully saturated rings. The maximum Gasteiger partial charge on any atom is 0.227 e. The Labute approximate surface area is 142 Å². The Hall–Kier alpha value is -2.08. The second-order valence-electron chi connectivity index (χ2n) is 6.40. The number of morpholine rings is 1. The predicted molar refractivity (Wildman–Crippen MR) is 90.1 cm³/mol. The van der Waals surface area contributed by atoms with Crippen LogP contribution < -0.4 is 9.64 Å². The van der Waals surface area contributed by atoms with E-state index in [1.165, 1.54) is 0 Å². The van der Waals surface area contributed by atoms with E-state index in [1.807, 2.05) is 43.0 Å². The molecule has 0 N–H and O–H groups in total. The van der Waals surface area contributed by atoms with Crippen LogP contribution in [0.3, 0.4) is 0 Å². The van der Waals surface area contributed by atoms with Gasteiger partial charge in [0.15, 0.2) is 0 Å². The molecular formula is C18H24N2O4. The van der Waals surface area contributed by atoms with Crippen LogP contribution in [0.2, 0.25) is 0 Å². The van der Waals surface area contributed by atoms with Gasteiger partial charge in [0, 0.05) is 19.4 Å². The van der Waals surface area contributed by atoms with Crippen molar-refractivity contribution in [3.63, 3.8) is 0 Å². The van der Waals surface area contributed by atoms with Crippen molar-refractivity contribution in [3.8, 4) is 5.75 Å². The number of amides is 2. The highest BCUT2D eigenvalue weighted by molar-refractivity contribution is 5.97. The zero-order chi connectivity index (χ0) is 17.1. The molecule has 0 spiro atoms. The Bertz CT molecular complexity index is 619. The van der Waals surface area contributed by atoms with Crippen LogP contribution in [-0.4, -0.2) is 55.2 Å². The van der Waals surface area contributed by atoms with Gasteiger partial charge in [-0.05, 0) is 26.0 Å². The Balaban J connectivity index is 1.59. The third kappa shape index (κ3) is 3.53. The number of fused-ring (bicyclic) bond motifs is 1. The van der Waals surface area contributed by atoms with Gasteiger partial charge in [0.1, 0.15) is 12.4 Å². The first-order chi connectivity index (χ1) is 11.6. The molecule has 6 heteroatoms. The molecule has 2 amide bonds. The highest BCUT2D eigenvalue weighted by Crippen LogP contribution is 2.31. The van der Waals surface area contributed by atoms with Crippen molar-refractivity contribution in [1.29, 1.82) is 0 Å². The summed E-state index contributed by atoms with van der Waals surface area (Å²) in [5.41, 5.74) is 0.787. The van der Waals surface area contributed by atoms with Crippen molar-refractivity contribution in [2.75, 3.05) is 31.2 Å². The summed E-state index contributed by atoms with van der Waals surface area (Å²) in [5.74, 6) is 0.708. The number of ether oxygens (including phenoxy) is 2. The van der Waals surface area contributed by atoms with E-state index in [0.717, 1.165) is 11.4 Å². The SMILES string of the molecule is CC1CN(C(=O)CCC(=O)N2CCOc3ccccc32)C(C)CO1. The molecule has 1 aromatic rings. The number of rotatable bonds is 3. The average molecular weight is 332 g/mol. The lowest BCUT2D eigenvalue weighted by atomic mass is 10.1. The summed E-state index contributed by atoms with van der Waals surface area (Å²) in [7, 11) is 0. The first-order valence-corrected chi connectivity index (χ1v) is 8.49. The van der Waals surface area contributed by atoms with E-state index in [9.17, 15) is 9.59 Å². The largest absolute Gasteiger partial charge is 0.490 e. The molecule has 2 unspecified atom stereocenters. The van der Waals surface area contributed by atoms with Gasteiger partial charge in [0.05, 0.1) is 31.0 Å². The van der Waals surface area contributed by atoms with Gasteiger partial charge >= 0.3 is 0 Å². The number of hydrogen-bond donors (Lipinski definition) is 0. The molecule has 2 aliphatic heterocycles. The summed E-state index contributed by atoms with van der Waals surface area (Å²) < 4.78 is 11.1. The van der Waals surface area contributed by atoms with E-state index in [4.69, 9.17) is 9.47 Å². The molecule has 0 bridgehead atoms. The van der Waals surface area contributed by atoms with Gasteiger partial charge in [0.2, 0.25) is 11.8 Å². The first-order valence-electron chi connectivity index (χ1n) is 8.49. The number of hydrogen-bond acceptors (Lipinski definition) is 4. The Morgan fingerprint density at radius 2 is 1.92 bits per heavy atom. The van der Waals surface area contributed by atoms with Gasteiger partial charge in [-0.3, -0.25) is 9.59 Å². The fraction of sp³-hybridized carbons (Fsp3) is 0.556.